The van der Waals surface area contributed by atoms with Gasteiger partial charge in [-0.2, -0.15) is 0 Å². The monoisotopic (exact) mass is 288 g/mol. The minimum atomic E-state index is -2.88. The number of nitrogens with zero attached hydrogens (tertiary/aromatic N) is 2. The van der Waals surface area contributed by atoms with Gasteiger partial charge in [0, 0.05) is 17.3 Å². The first-order chi connectivity index (χ1) is 8.45. The van der Waals surface area contributed by atoms with Crippen LogP contribution in [0.25, 0.3) is 0 Å². The second kappa shape index (κ2) is 5.67. The zero-order chi connectivity index (χ0) is 13.2. The minimum Gasteiger partial charge on any atom is -0.297 e. The Hall–Kier alpha value is -0.460. The third kappa shape index (κ3) is 3.76. The molecule has 1 aliphatic heterocycles. The van der Waals surface area contributed by atoms with Crippen molar-refractivity contribution in [2.45, 2.75) is 38.0 Å². The molecular weight excluding hydrogens is 268 g/mol. The second-order valence-electron chi connectivity index (χ2n) is 5.04. The van der Waals surface area contributed by atoms with Gasteiger partial charge in [-0.1, -0.05) is 0 Å². The van der Waals surface area contributed by atoms with Crippen LogP contribution >= 0.6 is 11.3 Å². The fourth-order valence-corrected chi connectivity index (χ4v) is 4.32. The van der Waals surface area contributed by atoms with Crippen molar-refractivity contribution in [3.63, 3.8) is 0 Å². The van der Waals surface area contributed by atoms with E-state index >= 15 is 0 Å². The summed E-state index contributed by atoms with van der Waals surface area (Å²) < 4.78 is 23.2. The van der Waals surface area contributed by atoms with Gasteiger partial charge < -0.3 is 0 Å². The molecule has 1 aromatic rings. The summed E-state index contributed by atoms with van der Waals surface area (Å²) >= 11 is 1.69. The molecule has 0 amide bonds. The van der Waals surface area contributed by atoms with Gasteiger partial charge in [0.25, 0.3) is 0 Å². The van der Waals surface area contributed by atoms with E-state index in [9.17, 15) is 8.42 Å². The van der Waals surface area contributed by atoms with E-state index in [-0.39, 0.29) is 5.25 Å². The van der Waals surface area contributed by atoms with Crippen LogP contribution < -0.4 is 0 Å². The van der Waals surface area contributed by atoms with Crippen molar-refractivity contribution in [1.82, 2.24) is 9.88 Å². The van der Waals surface area contributed by atoms with Crippen LogP contribution in [0.2, 0.25) is 0 Å². The number of hydrogen-bond donors (Lipinski definition) is 0. The SMILES string of the molecule is Cc1csc(CN2CCCC(S(C)(=O)=O)CC2)n1. The Bertz CT molecular complexity index is 496. The number of rotatable bonds is 3. The van der Waals surface area contributed by atoms with Crippen LogP contribution in [0.3, 0.4) is 0 Å². The summed E-state index contributed by atoms with van der Waals surface area (Å²) in [4.78, 5) is 6.78. The average Bonchev–Trinajstić information content (AvgIpc) is 2.53. The van der Waals surface area contributed by atoms with E-state index in [1.807, 2.05) is 6.92 Å². The minimum absolute atomic E-state index is 0.152. The molecule has 18 heavy (non-hydrogen) atoms. The molecule has 6 heteroatoms. The van der Waals surface area contributed by atoms with Crippen molar-refractivity contribution >= 4 is 21.2 Å². The summed E-state index contributed by atoms with van der Waals surface area (Å²) in [5.41, 5.74) is 1.07. The van der Waals surface area contributed by atoms with Crippen molar-refractivity contribution in [2.24, 2.45) is 0 Å². The smallest absolute Gasteiger partial charge is 0.150 e. The maximum atomic E-state index is 11.6. The maximum Gasteiger partial charge on any atom is 0.150 e. The van der Waals surface area contributed by atoms with Crippen LogP contribution in [-0.4, -0.2) is 42.9 Å². The quantitative estimate of drug-likeness (QED) is 0.852. The fourth-order valence-electron chi connectivity index (χ4n) is 2.38. The topological polar surface area (TPSA) is 50.3 Å². The molecule has 0 saturated carbocycles. The number of likely N-dealkylation sites (tertiary alicyclic amines) is 1. The van der Waals surface area contributed by atoms with Gasteiger partial charge in [-0.05, 0) is 39.3 Å². The Morgan fingerprint density at radius 3 is 2.83 bits per heavy atom. The average molecular weight is 288 g/mol. The lowest BCUT2D eigenvalue weighted by atomic mass is 10.2. The summed E-state index contributed by atoms with van der Waals surface area (Å²) in [6.45, 7) is 4.69. The van der Waals surface area contributed by atoms with E-state index in [0.717, 1.165) is 49.6 Å². The molecule has 1 fully saturated rings. The number of aromatic nitrogens is 1. The fraction of sp³-hybridized carbons (Fsp3) is 0.750. The Balaban J connectivity index is 1.93. The second-order valence-corrected chi connectivity index (χ2v) is 8.31. The number of sulfone groups is 1. The predicted octanol–water partition coefficient (Wildman–Crippen LogP) is 1.85. The van der Waals surface area contributed by atoms with Crippen LogP contribution in [0.1, 0.15) is 30.0 Å². The van der Waals surface area contributed by atoms with Crippen molar-refractivity contribution in [3.8, 4) is 0 Å². The molecule has 0 N–H and O–H groups in total. The lowest BCUT2D eigenvalue weighted by Gasteiger charge is -2.18. The molecule has 1 atom stereocenters. The highest BCUT2D eigenvalue weighted by molar-refractivity contribution is 7.91. The van der Waals surface area contributed by atoms with Gasteiger partial charge in [0.1, 0.15) is 14.8 Å². The molecular formula is C12H20N2O2S2. The van der Waals surface area contributed by atoms with Gasteiger partial charge in [-0.15, -0.1) is 11.3 Å². The van der Waals surface area contributed by atoms with Crippen LogP contribution in [0, 0.1) is 6.92 Å². The van der Waals surface area contributed by atoms with Crippen molar-refractivity contribution in [1.29, 1.82) is 0 Å². The summed E-state index contributed by atoms with van der Waals surface area (Å²) in [7, 11) is -2.88. The summed E-state index contributed by atoms with van der Waals surface area (Å²) in [6, 6.07) is 0. The van der Waals surface area contributed by atoms with E-state index in [2.05, 4.69) is 15.3 Å². The summed E-state index contributed by atoms with van der Waals surface area (Å²) in [5.74, 6) is 0. The lowest BCUT2D eigenvalue weighted by molar-refractivity contribution is 0.276. The Kier molecular flexibility index (Phi) is 4.40. The molecule has 0 bridgehead atoms. The van der Waals surface area contributed by atoms with Crippen LogP contribution in [0.5, 0.6) is 0 Å². The first-order valence-electron chi connectivity index (χ1n) is 6.27. The number of hydrogen-bond acceptors (Lipinski definition) is 5. The van der Waals surface area contributed by atoms with E-state index < -0.39 is 9.84 Å². The molecule has 2 rings (SSSR count). The molecule has 1 saturated heterocycles. The van der Waals surface area contributed by atoms with Gasteiger partial charge in [-0.25, -0.2) is 13.4 Å². The predicted molar refractivity (Wildman–Crippen MR) is 74.6 cm³/mol. The van der Waals surface area contributed by atoms with Gasteiger partial charge in [0.05, 0.1) is 11.8 Å². The third-order valence-corrected chi connectivity index (χ3v) is 6.03. The third-order valence-electron chi connectivity index (χ3n) is 3.40. The molecule has 1 aromatic heterocycles. The van der Waals surface area contributed by atoms with Crippen molar-refractivity contribution < 1.29 is 8.42 Å². The summed E-state index contributed by atoms with van der Waals surface area (Å²) in [5, 5.41) is 3.04. The first-order valence-corrected chi connectivity index (χ1v) is 9.11. The van der Waals surface area contributed by atoms with E-state index in [1.165, 1.54) is 6.26 Å². The van der Waals surface area contributed by atoms with E-state index in [4.69, 9.17) is 0 Å². The van der Waals surface area contributed by atoms with Gasteiger partial charge in [0.2, 0.25) is 0 Å². The summed E-state index contributed by atoms with van der Waals surface area (Å²) in [6.07, 6.45) is 3.87. The Labute approximate surface area is 113 Å². The van der Waals surface area contributed by atoms with Crippen molar-refractivity contribution in [3.05, 3.63) is 16.1 Å². The van der Waals surface area contributed by atoms with E-state index in [0.29, 0.717) is 0 Å². The highest BCUT2D eigenvalue weighted by Crippen LogP contribution is 2.20. The number of aryl methyl sites for hydroxylation is 1. The van der Waals surface area contributed by atoms with Gasteiger partial charge >= 0.3 is 0 Å². The lowest BCUT2D eigenvalue weighted by Crippen LogP contribution is -2.26. The van der Waals surface area contributed by atoms with Crippen LogP contribution in [0.4, 0.5) is 0 Å². The zero-order valence-corrected chi connectivity index (χ0v) is 12.6. The molecule has 102 valence electrons. The maximum absolute atomic E-state index is 11.6. The highest BCUT2D eigenvalue weighted by atomic mass is 32.2. The number of thiazole rings is 1. The first kappa shape index (κ1) is 14.0. The molecule has 1 unspecified atom stereocenters. The molecule has 0 aliphatic carbocycles. The highest BCUT2D eigenvalue weighted by Gasteiger charge is 2.24. The largest absolute Gasteiger partial charge is 0.297 e. The van der Waals surface area contributed by atoms with Crippen LogP contribution in [0.15, 0.2) is 5.38 Å². The van der Waals surface area contributed by atoms with Crippen LogP contribution in [-0.2, 0) is 16.4 Å². The molecule has 2 heterocycles. The van der Waals surface area contributed by atoms with Gasteiger partial charge in [0.15, 0.2) is 0 Å². The molecule has 4 nitrogen and oxygen atoms in total. The van der Waals surface area contributed by atoms with Crippen molar-refractivity contribution in [2.75, 3.05) is 19.3 Å². The normalized spacial score (nSPS) is 22.9. The zero-order valence-electron chi connectivity index (χ0n) is 10.9. The molecule has 0 spiro atoms. The molecule has 0 radical (unpaired) electrons. The standard InChI is InChI=1S/C12H20N2O2S2/c1-10-9-17-12(13-10)8-14-6-3-4-11(5-7-14)18(2,15)16/h9,11H,3-8H2,1-2H3. The van der Waals surface area contributed by atoms with E-state index in [1.54, 1.807) is 11.3 Å². The Morgan fingerprint density at radius 2 is 2.22 bits per heavy atom. The molecule has 1 aliphatic rings. The molecule has 0 aromatic carbocycles. The van der Waals surface area contributed by atoms with Gasteiger partial charge in [-0.3, -0.25) is 4.90 Å². The Morgan fingerprint density at radius 1 is 1.44 bits per heavy atom.